The van der Waals surface area contributed by atoms with Gasteiger partial charge in [0.1, 0.15) is 17.3 Å². The molecule has 0 N–H and O–H groups in total. The summed E-state index contributed by atoms with van der Waals surface area (Å²) >= 11 is 0. The maximum atomic E-state index is 13.7. The van der Waals surface area contributed by atoms with Crippen molar-refractivity contribution < 1.29 is 27.5 Å². The molecule has 1 aliphatic heterocycles. The minimum atomic E-state index is -3.97. The number of rotatable bonds is 10. The smallest absolute Gasteiger partial charge is 0.247 e. The molecule has 2 aromatic carbocycles. The second kappa shape index (κ2) is 9.32. The van der Waals surface area contributed by atoms with Gasteiger partial charge in [-0.05, 0) is 44.0 Å². The number of hydrogen-bond acceptors (Lipinski definition) is 6. The maximum absolute atomic E-state index is 13.7. The SMILES string of the molecule is CCC1(S(=O)(=O)c2ccccc2)C(=O)N(Cc2ccc(OC)cc2OC)C1CCC(C)=O. The summed E-state index contributed by atoms with van der Waals surface area (Å²) in [5.74, 6) is 0.661. The third-order valence-electron chi connectivity index (χ3n) is 6.20. The molecular formula is C24H29NO6S. The topological polar surface area (TPSA) is 90.0 Å². The van der Waals surface area contributed by atoms with Gasteiger partial charge in [-0.3, -0.25) is 4.79 Å². The van der Waals surface area contributed by atoms with Crippen LogP contribution < -0.4 is 9.47 Å². The molecule has 0 radical (unpaired) electrons. The Bertz CT molecular complexity index is 1100. The first-order valence-electron chi connectivity index (χ1n) is 10.5. The van der Waals surface area contributed by atoms with Crippen LogP contribution in [-0.4, -0.2) is 50.0 Å². The number of Topliss-reactive ketones (excluding diaryl/α,β-unsaturated/α-hetero) is 1. The zero-order valence-electron chi connectivity index (χ0n) is 18.8. The molecule has 1 aliphatic rings. The van der Waals surface area contributed by atoms with E-state index in [0.717, 1.165) is 5.56 Å². The van der Waals surface area contributed by atoms with Crippen molar-refractivity contribution >= 4 is 21.5 Å². The van der Waals surface area contributed by atoms with Crippen LogP contribution in [0.4, 0.5) is 0 Å². The van der Waals surface area contributed by atoms with Crippen molar-refractivity contribution in [3.63, 3.8) is 0 Å². The van der Waals surface area contributed by atoms with Gasteiger partial charge in [0.25, 0.3) is 0 Å². The Morgan fingerprint density at radius 1 is 1.09 bits per heavy atom. The first kappa shape index (κ1) is 23.8. The second-order valence-electron chi connectivity index (χ2n) is 7.93. The normalized spacial score (nSPS) is 20.6. The molecular weight excluding hydrogens is 430 g/mol. The van der Waals surface area contributed by atoms with Gasteiger partial charge < -0.3 is 19.2 Å². The van der Waals surface area contributed by atoms with Gasteiger partial charge in [0.15, 0.2) is 14.6 Å². The number of sulfone groups is 1. The molecule has 0 aliphatic carbocycles. The lowest BCUT2D eigenvalue weighted by Gasteiger charge is -2.55. The van der Waals surface area contributed by atoms with E-state index in [4.69, 9.17) is 9.47 Å². The number of hydrogen-bond donors (Lipinski definition) is 0. The van der Waals surface area contributed by atoms with Gasteiger partial charge >= 0.3 is 0 Å². The number of carbonyl (C=O) groups excluding carboxylic acids is 2. The monoisotopic (exact) mass is 459 g/mol. The Hall–Kier alpha value is -2.87. The third kappa shape index (κ3) is 3.88. The van der Waals surface area contributed by atoms with Crippen LogP contribution in [0.25, 0.3) is 0 Å². The Labute approximate surface area is 189 Å². The number of β-lactam (4-membered cyclic amide) rings is 1. The highest BCUT2D eigenvalue weighted by Crippen LogP contribution is 2.47. The van der Waals surface area contributed by atoms with Crippen LogP contribution in [0, 0.1) is 0 Å². The van der Waals surface area contributed by atoms with Crippen molar-refractivity contribution in [1.29, 1.82) is 0 Å². The summed E-state index contributed by atoms with van der Waals surface area (Å²) in [7, 11) is -0.887. The molecule has 8 heteroatoms. The van der Waals surface area contributed by atoms with Crippen LogP contribution in [0.15, 0.2) is 53.4 Å². The van der Waals surface area contributed by atoms with Gasteiger partial charge in [-0.15, -0.1) is 0 Å². The zero-order valence-corrected chi connectivity index (χ0v) is 19.6. The number of carbonyl (C=O) groups is 2. The molecule has 0 spiro atoms. The molecule has 0 saturated carbocycles. The summed E-state index contributed by atoms with van der Waals surface area (Å²) < 4.78 is 36.4. The fourth-order valence-corrected chi connectivity index (χ4v) is 6.74. The van der Waals surface area contributed by atoms with Crippen molar-refractivity contribution in [1.82, 2.24) is 4.90 Å². The summed E-state index contributed by atoms with van der Waals surface area (Å²) in [6, 6.07) is 12.7. The Morgan fingerprint density at radius 2 is 1.78 bits per heavy atom. The molecule has 2 aromatic rings. The van der Waals surface area contributed by atoms with Crippen LogP contribution in [0.5, 0.6) is 11.5 Å². The molecule has 2 atom stereocenters. The second-order valence-corrected chi connectivity index (χ2v) is 10.1. The van der Waals surface area contributed by atoms with Crippen LogP contribution in [0.3, 0.4) is 0 Å². The predicted molar refractivity (Wildman–Crippen MR) is 120 cm³/mol. The van der Waals surface area contributed by atoms with Gasteiger partial charge in [-0.25, -0.2) is 8.42 Å². The molecule has 1 heterocycles. The largest absolute Gasteiger partial charge is 0.497 e. The molecule has 1 saturated heterocycles. The molecule has 7 nitrogen and oxygen atoms in total. The van der Waals surface area contributed by atoms with E-state index in [0.29, 0.717) is 11.5 Å². The fourth-order valence-electron chi connectivity index (χ4n) is 4.47. The Morgan fingerprint density at radius 3 is 2.34 bits per heavy atom. The van der Waals surface area contributed by atoms with Crippen molar-refractivity contribution in [2.75, 3.05) is 14.2 Å². The minimum Gasteiger partial charge on any atom is -0.497 e. The van der Waals surface area contributed by atoms with E-state index in [9.17, 15) is 18.0 Å². The zero-order chi connectivity index (χ0) is 23.5. The Kier molecular flexibility index (Phi) is 6.93. The highest BCUT2D eigenvalue weighted by molar-refractivity contribution is 7.93. The van der Waals surface area contributed by atoms with E-state index < -0.39 is 26.5 Å². The first-order chi connectivity index (χ1) is 15.2. The van der Waals surface area contributed by atoms with Gasteiger partial charge in [0.2, 0.25) is 5.91 Å². The number of likely N-dealkylation sites (tertiary alicyclic amines) is 1. The summed E-state index contributed by atoms with van der Waals surface area (Å²) in [6.07, 6.45) is 0.599. The van der Waals surface area contributed by atoms with E-state index >= 15 is 0 Å². The summed E-state index contributed by atoms with van der Waals surface area (Å²) in [5.41, 5.74) is 0.733. The quantitative estimate of drug-likeness (QED) is 0.506. The lowest BCUT2D eigenvalue weighted by molar-refractivity contribution is -0.155. The minimum absolute atomic E-state index is 0.0477. The van der Waals surface area contributed by atoms with E-state index in [1.165, 1.54) is 26.2 Å². The summed E-state index contributed by atoms with van der Waals surface area (Å²) in [5, 5.41) is 0. The number of ketones is 1. The van der Waals surface area contributed by atoms with Crippen molar-refractivity contribution in [2.45, 2.75) is 55.3 Å². The average Bonchev–Trinajstić information content (AvgIpc) is 2.80. The number of ether oxygens (including phenoxy) is 2. The Balaban J connectivity index is 2.02. The predicted octanol–water partition coefficient (Wildman–Crippen LogP) is 3.41. The van der Waals surface area contributed by atoms with Gasteiger partial charge in [0, 0.05) is 24.6 Å². The lowest BCUT2D eigenvalue weighted by Crippen LogP contribution is -2.76. The van der Waals surface area contributed by atoms with Gasteiger partial charge in [-0.1, -0.05) is 25.1 Å². The van der Waals surface area contributed by atoms with Crippen molar-refractivity contribution in [3.05, 3.63) is 54.1 Å². The van der Waals surface area contributed by atoms with Crippen LogP contribution >= 0.6 is 0 Å². The van der Waals surface area contributed by atoms with Crippen LogP contribution in [-0.2, 0) is 26.0 Å². The number of methoxy groups -OCH3 is 2. The van der Waals surface area contributed by atoms with E-state index in [1.807, 2.05) is 0 Å². The average molecular weight is 460 g/mol. The standard InChI is InChI=1S/C24H29NO6S/c1-5-24(32(28,29)20-9-7-6-8-10-20)22(14-11-17(2)26)25(23(24)27)16-18-12-13-19(30-3)15-21(18)31-4/h6-10,12-13,15,22H,5,11,14,16H2,1-4H3. The summed E-state index contributed by atoms with van der Waals surface area (Å²) in [4.78, 5) is 26.9. The van der Waals surface area contributed by atoms with Crippen LogP contribution in [0.1, 0.15) is 38.7 Å². The first-order valence-corrected chi connectivity index (χ1v) is 12.0. The number of nitrogens with zero attached hydrogens (tertiary/aromatic N) is 1. The lowest BCUT2D eigenvalue weighted by atomic mass is 9.80. The highest BCUT2D eigenvalue weighted by atomic mass is 32.2. The maximum Gasteiger partial charge on any atom is 0.247 e. The van der Waals surface area contributed by atoms with E-state index in [1.54, 1.807) is 55.3 Å². The molecule has 0 aromatic heterocycles. The number of benzene rings is 2. The van der Waals surface area contributed by atoms with Crippen molar-refractivity contribution in [3.8, 4) is 11.5 Å². The number of amides is 1. The molecule has 0 bridgehead atoms. The fraction of sp³-hybridized carbons (Fsp3) is 0.417. The molecule has 1 fully saturated rings. The highest BCUT2D eigenvalue weighted by Gasteiger charge is 2.67. The van der Waals surface area contributed by atoms with E-state index in [-0.39, 0.29) is 36.5 Å². The van der Waals surface area contributed by atoms with Crippen molar-refractivity contribution in [2.24, 2.45) is 0 Å². The summed E-state index contributed by atoms with van der Waals surface area (Å²) in [6.45, 7) is 3.36. The molecule has 1 amide bonds. The molecule has 2 unspecified atom stereocenters. The molecule has 32 heavy (non-hydrogen) atoms. The molecule has 172 valence electrons. The third-order valence-corrected chi connectivity index (χ3v) is 8.79. The van der Waals surface area contributed by atoms with E-state index in [2.05, 4.69) is 0 Å². The van der Waals surface area contributed by atoms with Gasteiger partial charge in [-0.2, -0.15) is 0 Å². The molecule has 3 rings (SSSR count). The van der Waals surface area contributed by atoms with Gasteiger partial charge in [0.05, 0.1) is 25.2 Å². The van der Waals surface area contributed by atoms with Crippen LogP contribution in [0.2, 0.25) is 0 Å².